The molecule has 5 heteroatoms. The number of rotatable bonds is 7. The van der Waals surface area contributed by atoms with E-state index in [2.05, 4.69) is 15.6 Å². The summed E-state index contributed by atoms with van der Waals surface area (Å²) in [5, 5.41) is 6.77. The maximum atomic E-state index is 12.0. The first-order valence-electron chi connectivity index (χ1n) is 8.16. The Hall–Kier alpha value is -2.30. The van der Waals surface area contributed by atoms with Crippen molar-refractivity contribution in [3.8, 4) is 0 Å². The van der Waals surface area contributed by atoms with Gasteiger partial charge < -0.3 is 15.6 Å². The van der Waals surface area contributed by atoms with Crippen LogP contribution in [0.25, 0.3) is 10.9 Å². The van der Waals surface area contributed by atoms with Crippen molar-refractivity contribution in [2.45, 2.75) is 52.1 Å². The van der Waals surface area contributed by atoms with E-state index in [0.29, 0.717) is 12.8 Å². The molecule has 0 aliphatic heterocycles. The molecule has 3 N–H and O–H groups in total. The van der Waals surface area contributed by atoms with E-state index < -0.39 is 6.04 Å². The molecule has 1 aromatic heterocycles. The summed E-state index contributed by atoms with van der Waals surface area (Å²) in [4.78, 5) is 27.2. The third-order valence-corrected chi connectivity index (χ3v) is 4.07. The van der Waals surface area contributed by atoms with Crippen LogP contribution in [0.2, 0.25) is 0 Å². The van der Waals surface area contributed by atoms with E-state index in [1.165, 1.54) is 0 Å². The van der Waals surface area contributed by atoms with Crippen LogP contribution in [0.4, 0.5) is 0 Å². The molecule has 0 bridgehead atoms. The molecule has 0 radical (unpaired) electrons. The summed E-state index contributed by atoms with van der Waals surface area (Å²) in [6.07, 6.45) is 3.82. The van der Waals surface area contributed by atoms with E-state index in [1.807, 2.05) is 44.3 Å². The average molecular weight is 315 g/mol. The van der Waals surface area contributed by atoms with Crippen LogP contribution in [0.5, 0.6) is 0 Å². The Kier molecular flexibility index (Phi) is 5.79. The molecular formula is C18H25N3O2. The SMILES string of the molecule is CC[C@H](C)NC(=O)[C@@H](C)NC(=O)CCc1c[nH]c2ccccc12. The van der Waals surface area contributed by atoms with E-state index in [9.17, 15) is 9.59 Å². The van der Waals surface area contributed by atoms with Crippen molar-refractivity contribution in [1.29, 1.82) is 0 Å². The summed E-state index contributed by atoms with van der Waals surface area (Å²) in [6, 6.07) is 7.63. The van der Waals surface area contributed by atoms with Gasteiger partial charge in [0.25, 0.3) is 0 Å². The number of amides is 2. The van der Waals surface area contributed by atoms with Gasteiger partial charge in [-0.1, -0.05) is 25.1 Å². The van der Waals surface area contributed by atoms with Crippen LogP contribution in [0, 0.1) is 0 Å². The third kappa shape index (κ3) is 4.58. The summed E-state index contributed by atoms with van der Waals surface area (Å²) < 4.78 is 0. The molecule has 5 nitrogen and oxygen atoms in total. The highest BCUT2D eigenvalue weighted by Gasteiger charge is 2.17. The molecule has 2 aromatic rings. The molecular weight excluding hydrogens is 290 g/mol. The van der Waals surface area contributed by atoms with Gasteiger partial charge in [-0.25, -0.2) is 0 Å². The minimum atomic E-state index is -0.514. The van der Waals surface area contributed by atoms with Gasteiger partial charge in [0.1, 0.15) is 6.04 Å². The highest BCUT2D eigenvalue weighted by molar-refractivity contribution is 5.88. The lowest BCUT2D eigenvalue weighted by atomic mass is 10.1. The van der Waals surface area contributed by atoms with E-state index in [0.717, 1.165) is 22.9 Å². The number of nitrogens with one attached hydrogen (secondary N) is 3. The molecule has 0 fully saturated rings. The normalized spacial score (nSPS) is 13.5. The Bertz CT molecular complexity index is 678. The molecule has 1 aromatic carbocycles. The van der Waals surface area contributed by atoms with E-state index in [1.54, 1.807) is 6.92 Å². The van der Waals surface area contributed by atoms with Gasteiger partial charge >= 0.3 is 0 Å². The smallest absolute Gasteiger partial charge is 0.242 e. The summed E-state index contributed by atoms with van der Waals surface area (Å²) in [5.41, 5.74) is 2.19. The third-order valence-electron chi connectivity index (χ3n) is 4.07. The number of fused-ring (bicyclic) bond motifs is 1. The fourth-order valence-corrected chi connectivity index (χ4v) is 2.44. The van der Waals surface area contributed by atoms with Crippen LogP contribution in [0.3, 0.4) is 0 Å². The molecule has 2 rings (SSSR count). The lowest BCUT2D eigenvalue weighted by Gasteiger charge is -2.17. The maximum Gasteiger partial charge on any atom is 0.242 e. The van der Waals surface area contributed by atoms with Crippen molar-refractivity contribution in [3.63, 3.8) is 0 Å². The fraction of sp³-hybridized carbons (Fsp3) is 0.444. The van der Waals surface area contributed by atoms with Crippen LogP contribution in [-0.2, 0) is 16.0 Å². The van der Waals surface area contributed by atoms with Crippen LogP contribution in [0.15, 0.2) is 30.5 Å². The minimum Gasteiger partial charge on any atom is -0.361 e. The highest BCUT2D eigenvalue weighted by Crippen LogP contribution is 2.18. The number of aryl methyl sites for hydroxylation is 1. The molecule has 0 spiro atoms. The lowest BCUT2D eigenvalue weighted by Crippen LogP contribution is -2.47. The van der Waals surface area contributed by atoms with E-state index in [-0.39, 0.29) is 17.9 Å². The fourth-order valence-electron chi connectivity index (χ4n) is 2.44. The largest absolute Gasteiger partial charge is 0.361 e. The first-order chi connectivity index (χ1) is 11.0. The van der Waals surface area contributed by atoms with Gasteiger partial charge in [-0.05, 0) is 38.3 Å². The van der Waals surface area contributed by atoms with Crippen LogP contribution >= 0.6 is 0 Å². The molecule has 0 aliphatic carbocycles. The summed E-state index contributed by atoms with van der Waals surface area (Å²) in [7, 11) is 0. The number of hydrogen-bond donors (Lipinski definition) is 3. The van der Waals surface area contributed by atoms with Gasteiger partial charge in [0.2, 0.25) is 11.8 Å². The molecule has 0 saturated carbocycles. The quantitative estimate of drug-likeness (QED) is 0.734. The van der Waals surface area contributed by atoms with Crippen LogP contribution < -0.4 is 10.6 Å². The Labute approximate surface area is 136 Å². The molecule has 2 amide bonds. The van der Waals surface area contributed by atoms with Gasteiger partial charge in [0, 0.05) is 29.6 Å². The standard InChI is InChI=1S/C18H25N3O2/c1-4-12(2)20-18(23)13(3)21-17(22)10-9-14-11-19-16-8-6-5-7-15(14)16/h5-8,11-13,19H,4,9-10H2,1-3H3,(H,20,23)(H,21,22)/t12-,13+/m0/s1. The Morgan fingerprint density at radius 3 is 2.65 bits per heavy atom. The van der Waals surface area contributed by atoms with Crippen molar-refractivity contribution in [2.24, 2.45) is 0 Å². The Morgan fingerprint density at radius 1 is 1.17 bits per heavy atom. The summed E-state index contributed by atoms with van der Waals surface area (Å²) in [6.45, 7) is 5.67. The number of H-pyrrole nitrogens is 1. The van der Waals surface area contributed by atoms with Crippen LogP contribution in [0.1, 0.15) is 39.2 Å². The monoisotopic (exact) mass is 315 g/mol. The van der Waals surface area contributed by atoms with Gasteiger partial charge in [-0.2, -0.15) is 0 Å². The number of aromatic amines is 1. The van der Waals surface area contributed by atoms with Crippen molar-refractivity contribution in [3.05, 3.63) is 36.0 Å². The predicted octanol–water partition coefficient (Wildman–Crippen LogP) is 2.52. The van der Waals surface area contributed by atoms with Gasteiger partial charge in [-0.3, -0.25) is 9.59 Å². The molecule has 0 unspecified atom stereocenters. The molecule has 2 atom stereocenters. The lowest BCUT2D eigenvalue weighted by molar-refractivity contribution is -0.128. The average Bonchev–Trinajstić information content (AvgIpc) is 2.95. The number of para-hydroxylation sites is 1. The molecule has 0 saturated heterocycles. The van der Waals surface area contributed by atoms with Crippen molar-refractivity contribution < 1.29 is 9.59 Å². The zero-order valence-corrected chi connectivity index (χ0v) is 14.0. The van der Waals surface area contributed by atoms with Crippen molar-refractivity contribution in [2.75, 3.05) is 0 Å². The molecule has 23 heavy (non-hydrogen) atoms. The summed E-state index contributed by atoms with van der Waals surface area (Å²) >= 11 is 0. The zero-order valence-electron chi connectivity index (χ0n) is 14.0. The number of benzene rings is 1. The number of aromatic nitrogens is 1. The zero-order chi connectivity index (χ0) is 16.8. The van der Waals surface area contributed by atoms with Gasteiger partial charge in [0.05, 0.1) is 0 Å². The Balaban J connectivity index is 1.84. The second kappa shape index (κ2) is 7.81. The topological polar surface area (TPSA) is 74.0 Å². The summed E-state index contributed by atoms with van der Waals surface area (Å²) in [5.74, 6) is -0.248. The molecule has 0 aliphatic rings. The van der Waals surface area contributed by atoms with Gasteiger partial charge in [-0.15, -0.1) is 0 Å². The predicted molar refractivity (Wildman–Crippen MR) is 92.1 cm³/mol. The van der Waals surface area contributed by atoms with Crippen molar-refractivity contribution in [1.82, 2.24) is 15.6 Å². The maximum absolute atomic E-state index is 12.0. The highest BCUT2D eigenvalue weighted by atomic mass is 16.2. The van der Waals surface area contributed by atoms with E-state index in [4.69, 9.17) is 0 Å². The molecule has 1 heterocycles. The second-order valence-corrected chi connectivity index (χ2v) is 5.97. The van der Waals surface area contributed by atoms with E-state index >= 15 is 0 Å². The first kappa shape index (κ1) is 17.1. The van der Waals surface area contributed by atoms with Gasteiger partial charge in [0.15, 0.2) is 0 Å². The molecule has 124 valence electrons. The minimum absolute atomic E-state index is 0.109. The Morgan fingerprint density at radius 2 is 1.91 bits per heavy atom. The second-order valence-electron chi connectivity index (χ2n) is 5.97. The number of carbonyl (C=O) groups excluding carboxylic acids is 2. The first-order valence-corrected chi connectivity index (χ1v) is 8.16. The number of hydrogen-bond acceptors (Lipinski definition) is 2. The number of carbonyl (C=O) groups is 2. The van der Waals surface area contributed by atoms with Crippen molar-refractivity contribution >= 4 is 22.7 Å². The van der Waals surface area contributed by atoms with Crippen LogP contribution in [-0.4, -0.2) is 28.9 Å².